The Balaban J connectivity index is 3.11. The van der Waals surface area contributed by atoms with Crippen molar-refractivity contribution in [2.75, 3.05) is 0 Å². The van der Waals surface area contributed by atoms with Crippen LogP contribution in [0.4, 0.5) is 13.2 Å². The molecule has 3 N–H and O–H groups in total. The highest BCUT2D eigenvalue weighted by atomic mass is 19.4. The van der Waals surface area contributed by atoms with Gasteiger partial charge in [-0.15, -0.1) is 13.2 Å². The molecular formula is C8H9F3N2O2. The molecular weight excluding hydrogens is 213 g/mol. The minimum Gasteiger partial charge on any atom is -0.506 e. The van der Waals surface area contributed by atoms with Gasteiger partial charge in [0.25, 0.3) is 0 Å². The summed E-state index contributed by atoms with van der Waals surface area (Å²) in [6, 6.07) is 0. The van der Waals surface area contributed by atoms with E-state index in [1.165, 1.54) is 6.92 Å². The van der Waals surface area contributed by atoms with Gasteiger partial charge in [-0.3, -0.25) is 0 Å². The van der Waals surface area contributed by atoms with Crippen LogP contribution in [0.3, 0.4) is 0 Å². The molecule has 1 aromatic rings. The monoisotopic (exact) mass is 222 g/mol. The molecule has 1 rings (SSSR count). The third-order valence-corrected chi connectivity index (χ3v) is 1.80. The molecule has 0 saturated carbocycles. The maximum atomic E-state index is 11.9. The van der Waals surface area contributed by atoms with Crippen molar-refractivity contribution in [2.45, 2.75) is 19.8 Å². The number of ether oxygens (including phenoxy) is 1. The summed E-state index contributed by atoms with van der Waals surface area (Å²) >= 11 is 0. The second kappa shape index (κ2) is 3.93. The summed E-state index contributed by atoms with van der Waals surface area (Å²) in [6.45, 7) is 1.25. The van der Waals surface area contributed by atoms with Crippen LogP contribution >= 0.6 is 0 Å². The molecule has 0 aliphatic carbocycles. The van der Waals surface area contributed by atoms with E-state index in [2.05, 4.69) is 9.72 Å². The van der Waals surface area contributed by atoms with Gasteiger partial charge in [0.05, 0.1) is 6.20 Å². The minimum atomic E-state index is -4.80. The molecule has 0 radical (unpaired) electrons. The van der Waals surface area contributed by atoms with Gasteiger partial charge in [-0.1, -0.05) is 0 Å². The molecule has 0 unspecified atom stereocenters. The van der Waals surface area contributed by atoms with Crippen LogP contribution in [0, 0.1) is 6.92 Å². The van der Waals surface area contributed by atoms with Gasteiger partial charge in [-0.25, -0.2) is 4.98 Å². The van der Waals surface area contributed by atoms with Gasteiger partial charge in [0, 0.05) is 17.7 Å². The van der Waals surface area contributed by atoms with E-state index in [0.717, 1.165) is 6.20 Å². The molecule has 0 saturated heterocycles. The number of aromatic nitrogens is 1. The Kier molecular flexibility index (Phi) is 3.04. The van der Waals surface area contributed by atoms with E-state index in [0.29, 0.717) is 0 Å². The van der Waals surface area contributed by atoms with Crippen molar-refractivity contribution in [1.82, 2.24) is 4.98 Å². The largest absolute Gasteiger partial charge is 0.574 e. The van der Waals surface area contributed by atoms with Gasteiger partial charge in [-0.05, 0) is 6.92 Å². The fourth-order valence-electron chi connectivity index (χ4n) is 1.09. The Hall–Kier alpha value is -1.50. The Morgan fingerprint density at radius 3 is 2.60 bits per heavy atom. The van der Waals surface area contributed by atoms with E-state index in [4.69, 9.17) is 5.73 Å². The van der Waals surface area contributed by atoms with Gasteiger partial charge >= 0.3 is 6.36 Å². The minimum absolute atomic E-state index is 0.0785. The Labute approximate surface area is 83.5 Å². The Bertz CT molecular complexity index is 366. The summed E-state index contributed by atoms with van der Waals surface area (Å²) in [5.74, 6) is -0.842. The van der Waals surface area contributed by atoms with Crippen molar-refractivity contribution in [1.29, 1.82) is 0 Å². The second-order valence-electron chi connectivity index (χ2n) is 2.80. The zero-order chi connectivity index (χ0) is 11.6. The van der Waals surface area contributed by atoms with Gasteiger partial charge in [-0.2, -0.15) is 0 Å². The number of pyridine rings is 1. The standard InChI is InChI=1S/C8H9F3N2O2/c1-4-5(2-12)6(14)3-13-7(4)15-8(9,10)11/h3,14H,2,12H2,1H3. The van der Waals surface area contributed by atoms with Crippen LogP contribution in [-0.4, -0.2) is 16.5 Å². The zero-order valence-electron chi connectivity index (χ0n) is 7.80. The van der Waals surface area contributed by atoms with Crippen molar-refractivity contribution in [3.8, 4) is 11.6 Å². The summed E-state index contributed by atoms with van der Waals surface area (Å²) in [4.78, 5) is 3.32. The fourth-order valence-corrected chi connectivity index (χ4v) is 1.09. The predicted octanol–water partition coefficient (Wildman–Crippen LogP) is 1.45. The van der Waals surface area contributed by atoms with Crippen LogP contribution in [0.25, 0.3) is 0 Å². The smallest absolute Gasteiger partial charge is 0.506 e. The molecule has 0 atom stereocenters. The van der Waals surface area contributed by atoms with Crippen LogP contribution in [0.15, 0.2) is 6.20 Å². The van der Waals surface area contributed by atoms with Crippen molar-refractivity contribution < 1.29 is 23.0 Å². The maximum absolute atomic E-state index is 11.9. The second-order valence-corrected chi connectivity index (χ2v) is 2.80. The molecule has 0 spiro atoms. The fraction of sp³-hybridized carbons (Fsp3) is 0.375. The third-order valence-electron chi connectivity index (χ3n) is 1.80. The van der Waals surface area contributed by atoms with Crippen molar-refractivity contribution >= 4 is 0 Å². The van der Waals surface area contributed by atoms with E-state index >= 15 is 0 Å². The lowest BCUT2D eigenvalue weighted by Crippen LogP contribution is -2.19. The van der Waals surface area contributed by atoms with Crippen LogP contribution in [0.2, 0.25) is 0 Å². The molecule has 0 bridgehead atoms. The number of halogens is 3. The molecule has 0 amide bonds. The maximum Gasteiger partial charge on any atom is 0.574 e. The molecule has 4 nitrogen and oxygen atoms in total. The molecule has 0 aliphatic rings. The summed E-state index contributed by atoms with van der Waals surface area (Å²) in [5.41, 5.74) is 5.52. The van der Waals surface area contributed by atoms with Crippen LogP contribution in [0.1, 0.15) is 11.1 Å². The first kappa shape index (κ1) is 11.6. The van der Waals surface area contributed by atoms with E-state index in [1.807, 2.05) is 0 Å². The highest BCUT2D eigenvalue weighted by Crippen LogP contribution is 2.29. The van der Waals surface area contributed by atoms with Crippen molar-refractivity contribution in [2.24, 2.45) is 5.73 Å². The quantitative estimate of drug-likeness (QED) is 0.794. The summed E-state index contributed by atoms with van der Waals surface area (Å²) in [6.07, 6.45) is -3.93. The topological polar surface area (TPSA) is 68.4 Å². The molecule has 0 aliphatic heterocycles. The first-order valence-corrected chi connectivity index (χ1v) is 3.98. The van der Waals surface area contributed by atoms with E-state index in [1.54, 1.807) is 0 Å². The van der Waals surface area contributed by atoms with Gasteiger partial charge in [0.1, 0.15) is 5.75 Å². The highest BCUT2D eigenvalue weighted by Gasteiger charge is 2.33. The molecule has 84 valence electrons. The molecule has 7 heteroatoms. The Morgan fingerprint density at radius 1 is 1.53 bits per heavy atom. The lowest BCUT2D eigenvalue weighted by Gasteiger charge is -2.13. The van der Waals surface area contributed by atoms with Gasteiger partial charge in [0.15, 0.2) is 0 Å². The SMILES string of the molecule is Cc1c(OC(F)(F)F)ncc(O)c1CN. The van der Waals surface area contributed by atoms with E-state index in [9.17, 15) is 18.3 Å². The zero-order valence-corrected chi connectivity index (χ0v) is 7.80. The normalized spacial score (nSPS) is 11.5. The summed E-state index contributed by atoms with van der Waals surface area (Å²) in [5, 5.41) is 9.23. The Morgan fingerprint density at radius 2 is 2.13 bits per heavy atom. The van der Waals surface area contributed by atoms with Crippen molar-refractivity contribution in [3.63, 3.8) is 0 Å². The first-order chi connectivity index (χ1) is 6.85. The summed E-state index contributed by atoms with van der Waals surface area (Å²) < 4.78 is 39.4. The molecule has 0 aromatic carbocycles. The number of hydrogen-bond acceptors (Lipinski definition) is 4. The van der Waals surface area contributed by atoms with Gasteiger partial charge < -0.3 is 15.6 Å². The van der Waals surface area contributed by atoms with Gasteiger partial charge in [0.2, 0.25) is 5.88 Å². The van der Waals surface area contributed by atoms with Crippen LogP contribution < -0.4 is 10.5 Å². The van der Waals surface area contributed by atoms with Crippen LogP contribution in [-0.2, 0) is 6.54 Å². The lowest BCUT2D eigenvalue weighted by atomic mass is 10.1. The average molecular weight is 222 g/mol. The first-order valence-electron chi connectivity index (χ1n) is 3.98. The number of nitrogens with zero attached hydrogens (tertiary/aromatic N) is 1. The highest BCUT2D eigenvalue weighted by molar-refractivity contribution is 5.41. The third kappa shape index (κ3) is 2.72. The lowest BCUT2D eigenvalue weighted by molar-refractivity contribution is -0.276. The van der Waals surface area contributed by atoms with E-state index in [-0.39, 0.29) is 23.4 Å². The molecule has 1 aromatic heterocycles. The molecule has 1 heterocycles. The molecule has 0 fully saturated rings. The number of hydrogen-bond donors (Lipinski definition) is 2. The van der Waals surface area contributed by atoms with Crippen molar-refractivity contribution in [3.05, 3.63) is 17.3 Å². The number of alkyl halides is 3. The average Bonchev–Trinajstić information content (AvgIpc) is 2.09. The predicted molar refractivity (Wildman–Crippen MR) is 45.2 cm³/mol. The number of nitrogens with two attached hydrogens (primary N) is 1. The summed E-state index contributed by atoms with van der Waals surface area (Å²) in [7, 11) is 0. The van der Waals surface area contributed by atoms with E-state index < -0.39 is 12.2 Å². The van der Waals surface area contributed by atoms with Crippen LogP contribution in [0.5, 0.6) is 11.6 Å². The molecule has 15 heavy (non-hydrogen) atoms. The number of aromatic hydroxyl groups is 1. The number of rotatable bonds is 2.